The van der Waals surface area contributed by atoms with E-state index in [2.05, 4.69) is 10.1 Å². The van der Waals surface area contributed by atoms with Crippen molar-refractivity contribution in [1.29, 1.82) is 0 Å². The highest BCUT2D eigenvalue weighted by molar-refractivity contribution is 5.98. The van der Waals surface area contributed by atoms with Gasteiger partial charge in [0.2, 0.25) is 5.91 Å². The number of hydrogen-bond donors (Lipinski definition) is 1. The van der Waals surface area contributed by atoms with E-state index in [4.69, 9.17) is 0 Å². The molecule has 0 radical (unpaired) electrons. The molecule has 1 aromatic heterocycles. The van der Waals surface area contributed by atoms with Crippen LogP contribution < -0.4 is 0 Å². The summed E-state index contributed by atoms with van der Waals surface area (Å²) in [5, 5.41) is 17.4. The van der Waals surface area contributed by atoms with Gasteiger partial charge in [-0.05, 0) is 25.5 Å². The Labute approximate surface area is 183 Å². The zero-order valence-electron chi connectivity index (χ0n) is 17.6. The minimum atomic E-state index is -0.681. The van der Waals surface area contributed by atoms with Crippen LogP contribution in [0.4, 0.5) is 5.69 Å². The first-order valence-electron chi connectivity index (χ1n) is 10.3. The maximum absolute atomic E-state index is 13.4. The lowest BCUT2D eigenvalue weighted by molar-refractivity contribution is -0.384. The van der Waals surface area contributed by atoms with Crippen LogP contribution in [0.15, 0.2) is 53.6 Å². The second-order valence-electron chi connectivity index (χ2n) is 8.56. The third-order valence-electron chi connectivity index (χ3n) is 6.26. The summed E-state index contributed by atoms with van der Waals surface area (Å²) < 4.78 is 0. The normalized spacial score (nSPS) is 20.0. The number of carbonyl (C=O) groups is 2. The number of carbonyl (C=O) groups excluding carboxylic acids is 2. The quantitative estimate of drug-likeness (QED) is 0.390. The first-order chi connectivity index (χ1) is 15.3. The molecule has 3 heterocycles. The van der Waals surface area contributed by atoms with Crippen LogP contribution in [-0.2, 0) is 21.5 Å². The molecule has 5 rings (SSSR count). The van der Waals surface area contributed by atoms with Gasteiger partial charge in [-0.1, -0.05) is 30.3 Å². The molecular formula is C23H21N5O4. The summed E-state index contributed by atoms with van der Waals surface area (Å²) in [5.74, 6) is -0.463. The molecular weight excluding hydrogens is 410 g/mol. The van der Waals surface area contributed by atoms with Crippen molar-refractivity contribution < 1.29 is 14.5 Å². The van der Waals surface area contributed by atoms with E-state index < -0.39 is 16.5 Å². The summed E-state index contributed by atoms with van der Waals surface area (Å²) in [6.45, 7) is 3.71. The molecule has 9 nitrogen and oxygen atoms in total. The van der Waals surface area contributed by atoms with Crippen LogP contribution in [0.3, 0.4) is 0 Å². The lowest BCUT2D eigenvalue weighted by Crippen LogP contribution is -2.66. The molecule has 2 aliphatic heterocycles. The Morgan fingerprint density at radius 1 is 1.19 bits per heavy atom. The van der Waals surface area contributed by atoms with Gasteiger partial charge in [0.05, 0.1) is 16.7 Å². The molecule has 162 valence electrons. The van der Waals surface area contributed by atoms with Crippen molar-refractivity contribution in [2.24, 2.45) is 5.10 Å². The summed E-state index contributed by atoms with van der Waals surface area (Å²) >= 11 is 0. The average molecular weight is 431 g/mol. The lowest BCUT2D eigenvalue weighted by atomic mass is 9.82. The van der Waals surface area contributed by atoms with Gasteiger partial charge >= 0.3 is 0 Å². The van der Waals surface area contributed by atoms with Crippen LogP contribution in [0.25, 0.3) is 10.9 Å². The zero-order chi connectivity index (χ0) is 22.6. The van der Waals surface area contributed by atoms with E-state index in [1.165, 1.54) is 18.3 Å². The second kappa shape index (κ2) is 7.01. The fourth-order valence-electron chi connectivity index (χ4n) is 4.82. The summed E-state index contributed by atoms with van der Waals surface area (Å²) in [6, 6.07) is 13.2. The van der Waals surface area contributed by atoms with Crippen molar-refractivity contribution in [2.45, 2.75) is 31.8 Å². The molecule has 0 saturated carbocycles. The molecule has 1 atom stereocenters. The number of aromatic nitrogens is 1. The predicted molar refractivity (Wildman–Crippen MR) is 118 cm³/mol. The standard InChI is InChI=1S/C23H21N5O4/c1-23(2)21-17(16-8-3-4-9-18(16)25-21)11-19-22(30)26(13-20(29)27(19)23)24-12-14-6-5-7-15(10-14)28(31)32/h3-10,12,19,25H,11,13H2,1-2H3/b24-12+. The van der Waals surface area contributed by atoms with Gasteiger partial charge in [-0.15, -0.1) is 0 Å². The number of para-hydroxylation sites is 1. The number of nitrogens with one attached hydrogen (secondary N) is 1. The minimum Gasteiger partial charge on any atom is -0.356 e. The largest absolute Gasteiger partial charge is 0.356 e. The average Bonchev–Trinajstić information content (AvgIpc) is 3.15. The Balaban J connectivity index is 1.49. The molecule has 0 bridgehead atoms. The third-order valence-corrected chi connectivity index (χ3v) is 6.26. The van der Waals surface area contributed by atoms with Crippen LogP contribution in [0, 0.1) is 10.1 Å². The Kier molecular flexibility index (Phi) is 4.37. The summed E-state index contributed by atoms with van der Waals surface area (Å²) in [5.41, 5.74) is 2.69. The predicted octanol–water partition coefficient (Wildman–Crippen LogP) is 2.94. The van der Waals surface area contributed by atoms with Gasteiger partial charge in [0.1, 0.15) is 12.6 Å². The summed E-state index contributed by atoms with van der Waals surface area (Å²) in [4.78, 5) is 42.1. The number of piperazine rings is 1. The van der Waals surface area contributed by atoms with Crippen LogP contribution in [0.5, 0.6) is 0 Å². The van der Waals surface area contributed by atoms with Crippen molar-refractivity contribution in [3.8, 4) is 0 Å². The molecule has 1 N–H and O–H groups in total. The van der Waals surface area contributed by atoms with Crippen molar-refractivity contribution in [3.63, 3.8) is 0 Å². The number of nitro groups is 1. The van der Waals surface area contributed by atoms with Crippen molar-refractivity contribution >= 4 is 34.6 Å². The summed E-state index contributed by atoms with van der Waals surface area (Å²) in [6.07, 6.45) is 1.77. The Bertz CT molecular complexity index is 1310. The first-order valence-corrected chi connectivity index (χ1v) is 10.3. The molecule has 1 saturated heterocycles. The van der Waals surface area contributed by atoms with E-state index in [-0.39, 0.29) is 24.0 Å². The molecule has 2 aliphatic rings. The van der Waals surface area contributed by atoms with E-state index >= 15 is 0 Å². The van der Waals surface area contributed by atoms with Gasteiger partial charge in [-0.3, -0.25) is 19.7 Å². The van der Waals surface area contributed by atoms with Crippen molar-refractivity contribution in [1.82, 2.24) is 14.9 Å². The highest BCUT2D eigenvalue weighted by Gasteiger charge is 2.51. The smallest absolute Gasteiger partial charge is 0.270 e. The van der Waals surface area contributed by atoms with Gasteiger partial charge in [0, 0.05) is 40.7 Å². The van der Waals surface area contributed by atoms with Gasteiger partial charge in [0.25, 0.3) is 11.6 Å². The van der Waals surface area contributed by atoms with Crippen LogP contribution in [0.2, 0.25) is 0 Å². The number of nitro benzene ring substituents is 1. The van der Waals surface area contributed by atoms with Gasteiger partial charge in [-0.2, -0.15) is 5.10 Å². The van der Waals surface area contributed by atoms with Gasteiger partial charge < -0.3 is 9.88 Å². The molecule has 1 unspecified atom stereocenters. The number of benzene rings is 2. The van der Waals surface area contributed by atoms with E-state index in [1.54, 1.807) is 17.0 Å². The maximum Gasteiger partial charge on any atom is 0.270 e. The molecule has 1 fully saturated rings. The van der Waals surface area contributed by atoms with Crippen LogP contribution in [-0.4, -0.2) is 50.4 Å². The van der Waals surface area contributed by atoms with Crippen molar-refractivity contribution in [3.05, 3.63) is 75.5 Å². The lowest BCUT2D eigenvalue weighted by Gasteiger charge is -2.50. The molecule has 0 aliphatic carbocycles. The van der Waals surface area contributed by atoms with Crippen LogP contribution >= 0.6 is 0 Å². The Hall–Kier alpha value is -4.01. The Morgan fingerprint density at radius 2 is 1.97 bits per heavy atom. The molecule has 3 aromatic rings. The number of nitrogens with zero attached hydrogens (tertiary/aromatic N) is 4. The first kappa shape index (κ1) is 19.9. The van der Waals surface area contributed by atoms with Crippen molar-refractivity contribution in [2.75, 3.05) is 6.54 Å². The number of non-ortho nitro benzene ring substituents is 1. The van der Waals surface area contributed by atoms with E-state index in [0.29, 0.717) is 12.0 Å². The number of hydrazone groups is 1. The summed E-state index contributed by atoms with van der Waals surface area (Å²) in [7, 11) is 0. The highest BCUT2D eigenvalue weighted by atomic mass is 16.6. The number of H-pyrrole nitrogens is 1. The number of aromatic amines is 1. The van der Waals surface area contributed by atoms with Crippen LogP contribution in [0.1, 0.15) is 30.7 Å². The monoisotopic (exact) mass is 431 g/mol. The molecule has 0 spiro atoms. The molecule has 9 heteroatoms. The maximum atomic E-state index is 13.4. The van der Waals surface area contributed by atoms with E-state index in [0.717, 1.165) is 27.2 Å². The number of rotatable bonds is 3. The second-order valence-corrected chi connectivity index (χ2v) is 8.56. The minimum absolute atomic E-state index is 0.0675. The Morgan fingerprint density at radius 3 is 2.75 bits per heavy atom. The SMILES string of the molecule is CC1(C)c2[nH]c3ccccc3c2CC2C(=O)N(/N=C/c3cccc([N+](=O)[O-])c3)CC(=O)N21. The van der Waals surface area contributed by atoms with Gasteiger partial charge in [-0.25, -0.2) is 5.01 Å². The van der Waals surface area contributed by atoms with E-state index in [1.807, 2.05) is 38.1 Å². The number of fused-ring (bicyclic) bond motifs is 4. The van der Waals surface area contributed by atoms with Gasteiger partial charge in [0.15, 0.2) is 0 Å². The topological polar surface area (TPSA) is 112 Å². The van der Waals surface area contributed by atoms with E-state index in [9.17, 15) is 19.7 Å². The number of hydrogen-bond acceptors (Lipinski definition) is 5. The fraction of sp³-hybridized carbons (Fsp3) is 0.261. The fourth-order valence-corrected chi connectivity index (χ4v) is 4.82. The number of amides is 2. The third kappa shape index (κ3) is 2.96. The highest BCUT2D eigenvalue weighted by Crippen LogP contribution is 2.42. The zero-order valence-corrected chi connectivity index (χ0v) is 17.6. The molecule has 2 amide bonds. The molecule has 2 aromatic carbocycles. The molecule has 32 heavy (non-hydrogen) atoms.